The van der Waals surface area contributed by atoms with Gasteiger partial charge in [-0.25, -0.2) is 4.98 Å². The van der Waals surface area contributed by atoms with Crippen LogP contribution < -0.4 is 0 Å². The molecule has 0 saturated carbocycles. The third-order valence-corrected chi connectivity index (χ3v) is 3.93. The van der Waals surface area contributed by atoms with Crippen molar-refractivity contribution in [1.29, 1.82) is 0 Å². The Hall–Kier alpha value is -2.32. The summed E-state index contributed by atoms with van der Waals surface area (Å²) in [6.07, 6.45) is 2.56. The van der Waals surface area contributed by atoms with Gasteiger partial charge in [-0.15, -0.1) is 0 Å². The topological polar surface area (TPSA) is 95.3 Å². The number of phenolic OH excluding ortho intramolecular Hbond substituents is 1. The number of nitro benzene ring substituents is 1. The van der Waals surface area contributed by atoms with Crippen LogP contribution in [0.1, 0.15) is 16.8 Å². The smallest absolute Gasteiger partial charge is 0.270 e. The maximum Gasteiger partial charge on any atom is 0.270 e. The number of nitrogens with one attached hydrogen (secondary N) is 1. The summed E-state index contributed by atoms with van der Waals surface area (Å²) in [7, 11) is 0. The summed E-state index contributed by atoms with van der Waals surface area (Å²) in [5, 5.41) is 20.7. The predicted molar refractivity (Wildman–Crippen MR) is 82.0 cm³/mol. The molecule has 0 amide bonds. The second-order valence-corrected chi connectivity index (χ2v) is 5.61. The van der Waals surface area contributed by atoms with E-state index in [1.807, 2.05) is 0 Å². The molecule has 0 aliphatic carbocycles. The van der Waals surface area contributed by atoms with Crippen molar-refractivity contribution in [1.82, 2.24) is 14.9 Å². The first kappa shape index (κ1) is 14.6. The van der Waals surface area contributed by atoms with Crippen molar-refractivity contribution in [3.8, 4) is 5.75 Å². The molecule has 3 rings (SSSR count). The molecular formula is C14H14N4O3S. The van der Waals surface area contributed by atoms with E-state index in [0.717, 1.165) is 24.2 Å². The molecule has 8 heteroatoms. The minimum Gasteiger partial charge on any atom is -0.508 e. The number of nitrogens with zero attached hydrogens (tertiary/aromatic N) is 3. The van der Waals surface area contributed by atoms with Crippen LogP contribution in [-0.4, -0.2) is 31.4 Å². The maximum absolute atomic E-state index is 10.8. The van der Waals surface area contributed by atoms with Crippen molar-refractivity contribution < 1.29 is 10.0 Å². The molecule has 0 atom stereocenters. The van der Waals surface area contributed by atoms with Crippen LogP contribution in [0.3, 0.4) is 0 Å². The number of aromatic hydroxyl groups is 1. The van der Waals surface area contributed by atoms with Gasteiger partial charge in [0.05, 0.1) is 4.92 Å². The molecule has 0 saturated heterocycles. The highest BCUT2D eigenvalue weighted by Gasteiger charge is 2.19. The van der Waals surface area contributed by atoms with Crippen molar-refractivity contribution in [2.24, 2.45) is 0 Å². The Balaban J connectivity index is 1.80. The number of non-ortho nitro benzene ring substituents is 1. The summed E-state index contributed by atoms with van der Waals surface area (Å²) in [5.74, 6) is 0.0713. The van der Waals surface area contributed by atoms with Gasteiger partial charge in [-0.05, 0) is 18.3 Å². The lowest BCUT2D eigenvalue weighted by molar-refractivity contribution is -0.385. The summed E-state index contributed by atoms with van der Waals surface area (Å²) < 4.78 is 0.475. The Bertz CT molecular complexity index is 790. The molecule has 0 bridgehead atoms. The van der Waals surface area contributed by atoms with E-state index in [1.54, 1.807) is 6.20 Å². The second-order valence-electron chi connectivity index (χ2n) is 5.22. The standard InChI is InChI=1S/C14H14N4O3S/c19-13-2-1-11(18(20)21)5-9(13)7-17-4-3-12-10(8-17)6-15-14(22)16-12/h1-2,5-6,19H,3-4,7-8H2,(H,15,16,22). The molecule has 2 aromatic rings. The lowest BCUT2D eigenvalue weighted by atomic mass is 10.1. The highest BCUT2D eigenvalue weighted by atomic mass is 32.1. The van der Waals surface area contributed by atoms with Gasteiger partial charge in [-0.1, -0.05) is 0 Å². The van der Waals surface area contributed by atoms with Crippen LogP contribution in [0.5, 0.6) is 5.75 Å². The largest absolute Gasteiger partial charge is 0.508 e. The molecule has 1 aliphatic heterocycles. The Morgan fingerprint density at radius 1 is 1.50 bits per heavy atom. The fourth-order valence-corrected chi connectivity index (χ4v) is 2.77. The van der Waals surface area contributed by atoms with Crippen LogP contribution in [-0.2, 0) is 19.5 Å². The molecule has 0 spiro atoms. The molecule has 1 aromatic carbocycles. The van der Waals surface area contributed by atoms with Crippen molar-refractivity contribution >= 4 is 17.9 Å². The zero-order valence-electron chi connectivity index (χ0n) is 11.7. The number of phenols is 1. The van der Waals surface area contributed by atoms with E-state index < -0.39 is 4.92 Å². The first-order chi connectivity index (χ1) is 10.5. The van der Waals surface area contributed by atoms with Crippen LogP contribution in [0.2, 0.25) is 0 Å². The SMILES string of the molecule is O=[N+]([O-])c1ccc(O)c(CN2CCc3[nH]c(=S)ncc3C2)c1. The highest BCUT2D eigenvalue weighted by Crippen LogP contribution is 2.26. The van der Waals surface area contributed by atoms with Gasteiger partial charge in [0.1, 0.15) is 5.75 Å². The van der Waals surface area contributed by atoms with Crippen molar-refractivity contribution in [3.63, 3.8) is 0 Å². The number of hydrogen-bond donors (Lipinski definition) is 2. The van der Waals surface area contributed by atoms with E-state index in [-0.39, 0.29) is 11.4 Å². The number of aromatic amines is 1. The number of hydrogen-bond acceptors (Lipinski definition) is 6. The minimum atomic E-state index is -0.460. The fourth-order valence-electron chi connectivity index (χ4n) is 2.59. The molecule has 0 unspecified atom stereocenters. The van der Waals surface area contributed by atoms with Crippen LogP contribution in [0.25, 0.3) is 0 Å². The molecule has 2 N–H and O–H groups in total. The van der Waals surface area contributed by atoms with E-state index in [4.69, 9.17) is 12.2 Å². The number of benzene rings is 1. The van der Waals surface area contributed by atoms with E-state index in [9.17, 15) is 15.2 Å². The summed E-state index contributed by atoms with van der Waals surface area (Å²) in [4.78, 5) is 19.7. The molecule has 114 valence electrons. The van der Waals surface area contributed by atoms with Gasteiger partial charge >= 0.3 is 0 Å². The Morgan fingerprint density at radius 3 is 3.09 bits per heavy atom. The zero-order chi connectivity index (χ0) is 15.7. The third-order valence-electron chi connectivity index (χ3n) is 3.72. The minimum absolute atomic E-state index is 0.0176. The van der Waals surface area contributed by atoms with Gasteiger partial charge in [0.15, 0.2) is 4.77 Å². The highest BCUT2D eigenvalue weighted by molar-refractivity contribution is 7.71. The summed E-state index contributed by atoms with van der Waals surface area (Å²) in [6, 6.07) is 4.08. The van der Waals surface area contributed by atoms with Crippen LogP contribution in [0.15, 0.2) is 24.4 Å². The summed E-state index contributed by atoms with van der Waals surface area (Å²) in [6.45, 7) is 1.89. The molecule has 1 aromatic heterocycles. The number of aromatic nitrogens is 2. The van der Waals surface area contributed by atoms with Gasteiger partial charge in [0.2, 0.25) is 0 Å². The lowest BCUT2D eigenvalue weighted by Crippen LogP contribution is -2.30. The molecular weight excluding hydrogens is 304 g/mol. The quantitative estimate of drug-likeness (QED) is 0.512. The first-order valence-electron chi connectivity index (χ1n) is 6.78. The van der Waals surface area contributed by atoms with Crippen LogP contribution in [0.4, 0.5) is 5.69 Å². The lowest BCUT2D eigenvalue weighted by Gasteiger charge is -2.28. The second kappa shape index (κ2) is 5.82. The number of rotatable bonds is 3. The summed E-state index contributed by atoms with van der Waals surface area (Å²) >= 11 is 5.01. The normalized spacial score (nSPS) is 14.5. The molecule has 0 fully saturated rings. The van der Waals surface area contributed by atoms with Crippen molar-refractivity contribution in [3.05, 3.63) is 56.1 Å². The monoisotopic (exact) mass is 318 g/mol. The first-order valence-corrected chi connectivity index (χ1v) is 7.19. The number of nitro groups is 1. The van der Waals surface area contributed by atoms with Crippen LogP contribution in [0, 0.1) is 14.9 Å². The van der Waals surface area contributed by atoms with Gasteiger partial charge in [-0.3, -0.25) is 15.0 Å². The molecule has 22 heavy (non-hydrogen) atoms. The van der Waals surface area contributed by atoms with E-state index >= 15 is 0 Å². The van der Waals surface area contributed by atoms with Gasteiger partial charge in [-0.2, -0.15) is 0 Å². The van der Waals surface area contributed by atoms with Gasteiger partial charge in [0.25, 0.3) is 5.69 Å². The van der Waals surface area contributed by atoms with E-state index in [1.165, 1.54) is 18.2 Å². The average Bonchev–Trinajstić information content (AvgIpc) is 2.49. The van der Waals surface area contributed by atoms with Crippen LogP contribution >= 0.6 is 12.2 Å². The zero-order valence-corrected chi connectivity index (χ0v) is 12.5. The van der Waals surface area contributed by atoms with Gasteiger partial charge < -0.3 is 10.1 Å². The average molecular weight is 318 g/mol. The predicted octanol–water partition coefficient (Wildman–Crippen LogP) is 2.31. The Labute approximate surface area is 131 Å². The van der Waals surface area contributed by atoms with E-state index in [0.29, 0.717) is 23.4 Å². The summed E-state index contributed by atoms with van der Waals surface area (Å²) in [5.41, 5.74) is 2.68. The molecule has 7 nitrogen and oxygen atoms in total. The molecule has 2 heterocycles. The van der Waals surface area contributed by atoms with Gasteiger partial charge in [0, 0.05) is 61.2 Å². The number of fused-ring (bicyclic) bond motifs is 1. The molecule has 0 radical (unpaired) electrons. The van der Waals surface area contributed by atoms with E-state index in [2.05, 4.69) is 14.9 Å². The third kappa shape index (κ3) is 2.97. The molecule has 1 aliphatic rings. The number of H-pyrrole nitrogens is 1. The maximum atomic E-state index is 10.8. The van der Waals surface area contributed by atoms with Crippen molar-refractivity contribution in [2.45, 2.75) is 19.5 Å². The Morgan fingerprint density at radius 2 is 2.32 bits per heavy atom. The Kier molecular flexibility index (Phi) is 3.86. The fraction of sp³-hybridized carbons (Fsp3) is 0.286. The van der Waals surface area contributed by atoms with Crippen molar-refractivity contribution in [2.75, 3.05) is 6.54 Å².